The maximum Gasteiger partial charge on any atom is 0.262 e. The second-order valence-corrected chi connectivity index (χ2v) is 23.2. The zero-order valence-electron chi connectivity index (χ0n) is 51.9. The smallest absolute Gasteiger partial charge is 0.262 e. The van der Waals surface area contributed by atoms with E-state index in [4.69, 9.17) is 49.0 Å². The predicted octanol–water partition coefficient (Wildman–Crippen LogP) is 16.0. The molecule has 4 heterocycles. The number of hydrogen-bond acceptors (Lipinski definition) is 10. The summed E-state index contributed by atoms with van der Waals surface area (Å²) in [5, 5.41) is 12.6. The maximum absolute atomic E-state index is 13.4. The van der Waals surface area contributed by atoms with Crippen LogP contribution in [0, 0.1) is 32.5 Å². The molecule has 3 N–H and O–H groups in total. The van der Waals surface area contributed by atoms with Crippen LogP contribution in [0.4, 0.5) is 21.5 Å². The summed E-state index contributed by atoms with van der Waals surface area (Å²) in [6.45, 7) is 5.53. The number of halogens is 4. The first-order chi connectivity index (χ1) is 45.3. The second-order valence-electron chi connectivity index (χ2n) is 21.9. The summed E-state index contributed by atoms with van der Waals surface area (Å²) in [6, 6.07) is 48.3. The summed E-state index contributed by atoms with van der Waals surface area (Å²) in [4.78, 5) is 82.3. The number of benzene rings is 7. The summed E-state index contributed by atoms with van der Waals surface area (Å²) < 4.78 is 34.2. The fourth-order valence-corrected chi connectivity index (χ4v) is 11.6. The molecule has 3 amide bonds. The highest BCUT2D eigenvalue weighted by atomic mass is 35.5. The Morgan fingerprint density at radius 3 is 1.31 bits per heavy atom. The Balaban J connectivity index is 0.000000154. The largest absolute Gasteiger partial charge is 0.497 e. The zero-order valence-corrected chi connectivity index (χ0v) is 54.2. The van der Waals surface area contributed by atoms with Crippen molar-refractivity contribution in [3.05, 3.63) is 266 Å². The second kappa shape index (κ2) is 29.8. The normalized spacial score (nSPS) is 12.4. The van der Waals surface area contributed by atoms with E-state index in [0.29, 0.717) is 89.4 Å². The topological polar surface area (TPSA) is 194 Å². The number of allylic oxidation sites excluding steroid dienone is 4. The molecule has 0 bridgehead atoms. The van der Waals surface area contributed by atoms with E-state index >= 15 is 0 Å². The number of pyridine rings is 1. The molecule has 7 aromatic carbocycles. The van der Waals surface area contributed by atoms with Crippen LogP contribution in [-0.2, 0) is 33.6 Å². The molecule has 11 aromatic rings. The quantitative estimate of drug-likeness (QED) is 0.0889. The van der Waals surface area contributed by atoms with Gasteiger partial charge in [0.2, 0.25) is 23.6 Å². The molecular weight excluding hydrogens is 1260 g/mol. The van der Waals surface area contributed by atoms with Gasteiger partial charge in [0.05, 0.1) is 74.9 Å². The number of para-hydroxylation sites is 1. The molecule has 476 valence electrons. The minimum atomic E-state index is -0.375. The van der Waals surface area contributed by atoms with Gasteiger partial charge in [0, 0.05) is 77.0 Å². The third-order valence-corrected chi connectivity index (χ3v) is 16.7. The zero-order chi connectivity index (χ0) is 66.7. The number of ether oxygens (including phenoxy) is 3. The number of aromatic nitrogens is 4. The first-order valence-electron chi connectivity index (χ1n) is 29.7. The lowest BCUT2D eigenvalue weighted by atomic mass is 9.99. The first-order valence-corrected chi connectivity index (χ1v) is 30.8. The van der Waals surface area contributed by atoms with Crippen molar-refractivity contribution in [2.45, 2.75) is 46.5 Å². The third-order valence-electron chi connectivity index (χ3n) is 15.9. The van der Waals surface area contributed by atoms with Crippen molar-refractivity contribution in [2.24, 2.45) is 5.92 Å². The number of amides is 3. The van der Waals surface area contributed by atoms with Gasteiger partial charge in [0.1, 0.15) is 23.1 Å². The number of nitrogens with one attached hydrogen (secondary N) is 3. The van der Waals surface area contributed by atoms with Gasteiger partial charge in [-0.2, -0.15) is 0 Å². The van der Waals surface area contributed by atoms with Crippen LogP contribution in [0.15, 0.2) is 206 Å². The number of nitrogens with zero attached hydrogens (tertiary/aromatic N) is 4. The Morgan fingerprint density at radius 1 is 0.500 bits per heavy atom. The van der Waals surface area contributed by atoms with Crippen molar-refractivity contribution in [1.29, 1.82) is 0 Å². The van der Waals surface area contributed by atoms with E-state index in [1.807, 2.05) is 93.6 Å². The SMILES string of the molecule is COc1ccc2c(c1)c(CC(=O)Nc1ccc(F)cc1)c(C)n2C(=O)C1C=CC(Cl)=CC1.COc1ccc2c(c1)c(CC(=O)Nc1ccccc1)c(C)n2C(=O)c1ccc(Cl)cc1.COc1ccc2c(c1)c(CC(=O)Nc1cccnc1)c(C)n2C(=O)c1ccc(Cl)cc1. The van der Waals surface area contributed by atoms with E-state index in [-0.39, 0.29) is 66.4 Å². The molecule has 16 nitrogen and oxygen atoms in total. The van der Waals surface area contributed by atoms with Gasteiger partial charge < -0.3 is 30.2 Å². The average molecular weight is 1320 g/mol. The van der Waals surface area contributed by atoms with Gasteiger partial charge in [-0.05, 0) is 202 Å². The lowest BCUT2D eigenvalue weighted by Crippen LogP contribution is -2.22. The highest BCUT2D eigenvalue weighted by Gasteiger charge is 2.28. The van der Waals surface area contributed by atoms with Gasteiger partial charge in [-0.15, -0.1) is 0 Å². The molecule has 1 aliphatic carbocycles. The van der Waals surface area contributed by atoms with Gasteiger partial charge in [-0.25, -0.2) is 4.39 Å². The number of hydrogen-bond donors (Lipinski definition) is 3. The Morgan fingerprint density at radius 2 is 0.904 bits per heavy atom. The number of carbonyl (C=O) groups is 6. The Bertz CT molecular complexity index is 4540. The summed E-state index contributed by atoms with van der Waals surface area (Å²) >= 11 is 17.9. The first kappa shape index (κ1) is 66.3. The predicted molar refractivity (Wildman–Crippen MR) is 368 cm³/mol. The molecule has 1 atom stereocenters. The van der Waals surface area contributed by atoms with Crippen molar-refractivity contribution in [3.63, 3.8) is 0 Å². The summed E-state index contributed by atoms with van der Waals surface area (Å²) in [7, 11) is 4.74. The molecule has 0 fully saturated rings. The van der Waals surface area contributed by atoms with E-state index in [0.717, 1.165) is 44.1 Å². The van der Waals surface area contributed by atoms with E-state index in [1.54, 1.807) is 138 Å². The number of rotatable bonds is 15. The van der Waals surface area contributed by atoms with Gasteiger partial charge >= 0.3 is 0 Å². The fourth-order valence-electron chi connectivity index (χ4n) is 11.2. The highest BCUT2D eigenvalue weighted by molar-refractivity contribution is 6.31. The van der Waals surface area contributed by atoms with E-state index in [1.165, 1.54) is 24.3 Å². The molecule has 1 unspecified atom stereocenters. The van der Waals surface area contributed by atoms with Crippen LogP contribution in [0.2, 0.25) is 10.0 Å². The molecule has 4 aromatic heterocycles. The monoisotopic (exact) mass is 1320 g/mol. The van der Waals surface area contributed by atoms with Crippen LogP contribution in [0.3, 0.4) is 0 Å². The Kier molecular flexibility index (Phi) is 21.0. The molecule has 1 aliphatic rings. The Labute approximate surface area is 556 Å². The minimum Gasteiger partial charge on any atom is -0.497 e. The van der Waals surface area contributed by atoms with Crippen molar-refractivity contribution < 1.29 is 47.4 Å². The average Bonchev–Trinajstić information content (AvgIpc) is 1.63. The van der Waals surface area contributed by atoms with Gasteiger partial charge in [-0.1, -0.05) is 65.2 Å². The Hall–Kier alpha value is -10.6. The molecule has 0 radical (unpaired) electrons. The molecule has 12 rings (SSSR count). The number of methoxy groups -OCH3 is 3. The lowest BCUT2D eigenvalue weighted by molar-refractivity contribution is -0.116. The molecule has 0 aliphatic heterocycles. The molecule has 94 heavy (non-hydrogen) atoms. The minimum absolute atomic E-state index is 0.0550. The standard InChI is InChI=1S/C25H22ClFN2O3.C25H21ClN2O3.C24H20ClN3O3/c1-15-21(14-24(30)28-19-9-7-18(27)8-10-19)22-13-20(32-2)11-12-23(22)29(15)25(31)16-3-5-17(26)6-4-16;1-16-21(15-24(29)27-19-6-4-3-5-7-19)22-14-20(31-2)12-13-23(22)28(16)25(30)17-8-10-18(26)11-9-17;1-15-20(13-23(29)27-18-4-3-11-26-14-18)21-12-19(31-2)9-10-22(21)28(15)24(30)16-5-7-17(25)8-6-16/h3,5-13,16H,4,14H2,1-2H3,(H,28,30);3-14H,15H2,1-2H3,(H,27,29);3-12,14H,13H2,1-2H3,(H,27,29). The van der Waals surface area contributed by atoms with Crippen LogP contribution < -0.4 is 30.2 Å². The lowest BCUT2D eigenvalue weighted by Gasteiger charge is -2.16. The number of fused-ring (bicyclic) bond motifs is 3. The van der Waals surface area contributed by atoms with Crippen molar-refractivity contribution in [2.75, 3.05) is 37.3 Å². The molecule has 0 spiro atoms. The van der Waals surface area contributed by atoms with Crippen LogP contribution in [0.1, 0.15) is 65.7 Å². The fraction of sp³-hybridized carbons (Fsp3) is 0.149. The molecule has 0 saturated carbocycles. The van der Waals surface area contributed by atoms with Crippen LogP contribution >= 0.6 is 34.8 Å². The molecule has 20 heteroatoms. The molecule has 0 saturated heterocycles. The van der Waals surface area contributed by atoms with Crippen molar-refractivity contribution >= 4 is 120 Å². The van der Waals surface area contributed by atoms with Crippen molar-refractivity contribution in [1.82, 2.24) is 18.7 Å². The van der Waals surface area contributed by atoms with Gasteiger partial charge in [-0.3, -0.25) is 47.5 Å². The van der Waals surface area contributed by atoms with Crippen LogP contribution in [0.5, 0.6) is 17.2 Å². The number of anilines is 3. The summed E-state index contributed by atoms with van der Waals surface area (Å²) in [6.07, 6.45) is 9.39. The van der Waals surface area contributed by atoms with Gasteiger partial charge in [0.25, 0.3) is 11.8 Å². The summed E-state index contributed by atoms with van der Waals surface area (Å²) in [5.41, 5.74) is 9.40. The van der Waals surface area contributed by atoms with Crippen LogP contribution in [-0.4, -0.2) is 75.5 Å². The third kappa shape index (κ3) is 15.1. The summed E-state index contributed by atoms with van der Waals surface area (Å²) in [5.74, 6) is 0.158. The van der Waals surface area contributed by atoms with E-state index < -0.39 is 0 Å². The number of carbonyl (C=O) groups excluding carboxylic acids is 6. The maximum atomic E-state index is 13.4. The van der Waals surface area contributed by atoms with E-state index in [9.17, 15) is 33.2 Å². The van der Waals surface area contributed by atoms with E-state index in [2.05, 4.69) is 20.9 Å². The molecular formula is C74H63Cl3FN7O9. The van der Waals surface area contributed by atoms with Crippen molar-refractivity contribution in [3.8, 4) is 17.2 Å². The van der Waals surface area contributed by atoms with Crippen LogP contribution in [0.25, 0.3) is 32.7 Å². The van der Waals surface area contributed by atoms with Gasteiger partial charge in [0.15, 0.2) is 0 Å². The highest BCUT2D eigenvalue weighted by Crippen LogP contribution is 2.35.